The Morgan fingerprint density at radius 1 is 1.25 bits per heavy atom. The fraction of sp³-hybridized carbons (Fsp3) is 0.304. The number of fused-ring (bicyclic) bond motifs is 1. The molecule has 1 N–H and O–H groups in total. The van der Waals surface area contributed by atoms with Gasteiger partial charge in [-0.15, -0.1) is 5.10 Å². The highest BCUT2D eigenvalue weighted by atomic mass is 19.1. The third-order valence-corrected chi connectivity index (χ3v) is 5.33. The number of pyridine rings is 2. The number of benzene rings is 1. The molecular weight excluding hydrogens is 413 g/mol. The third kappa shape index (κ3) is 3.34. The van der Waals surface area contributed by atoms with E-state index in [2.05, 4.69) is 10.1 Å². The first-order valence-electron chi connectivity index (χ1n) is 11.6. The van der Waals surface area contributed by atoms with E-state index >= 15 is 4.39 Å². The van der Waals surface area contributed by atoms with Crippen molar-refractivity contribution in [2.75, 3.05) is 0 Å². The Hall–Kier alpha value is -3.59. The highest BCUT2D eigenvalue weighted by Gasteiger charge is 2.21. The van der Waals surface area contributed by atoms with Crippen LogP contribution in [-0.4, -0.2) is 29.0 Å². The van der Waals surface area contributed by atoms with Crippen LogP contribution in [0.1, 0.15) is 47.8 Å². The fourth-order valence-corrected chi connectivity index (χ4v) is 3.69. The number of para-hydroxylation sites is 1. The maximum absolute atomic E-state index is 15.3. The second kappa shape index (κ2) is 8.16. The number of aliphatic hydroxyl groups excluding tert-OH is 1. The highest BCUT2D eigenvalue weighted by molar-refractivity contribution is 5.82. The van der Waals surface area contributed by atoms with Gasteiger partial charge in [0, 0.05) is 16.9 Å². The SMILES string of the molecule is [2H]C([2H])([2H])c1ccccc1-n1cc(C(C)C)c2nc(-n3nc(CO)n(CC)c3=O)c(F)cc2c1=O. The van der Waals surface area contributed by atoms with Crippen LogP contribution in [0, 0.1) is 12.7 Å². The molecule has 166 valence electrons. The third-order valence-electron chi connectivity index (χ3n) is 5.33. The molecule has 32 heavy (non-hydrogen) atoms. The van der Waals surface area contributed by atoms with E-state index < -0.39 is 36.3 Å². The first-order valence-corrected chi connectivity index (χ1v) is 10.1. The Morgan fingerprint density at radius 3 is 2.62 bits per heavy atom. The summed E-state index contributed by atoms with van der Waals surface area (Å²) in [7, 11) is 0. The van der Waals surface area contributed by atoms with Crippen molar-refractivity contribution in [1.29, 1.82) is 0 Å². The zero-order valence-corrected chi connectivity index (χ0v) is 17.8. The van der Waals surface area contributed by atoms with Crippen LogP contribution in [0.5, 0.6) is 0 Å². The van der Waals surface area contributed by atoms with Crippen molar-refractivity contribution in [3.8, 4) is 11.5 Å². The van der Waals surface area contributed by atoms with Crippen LogP contribution >= 0.6 is 0 Å². The molecule has 0 aliphatic heterocycles. The van der Waals surface area contributed by atoms with Gasteiger partial charge in [0.2, 0.25) is 0 Å². The van der Waals surface area contributed by atoms with Gasteiger partial charge in [-0.05, 0) is 43.0 Å². The number of aromatic nitrogens is 5. The van der Waals surface area contributed by atoms with Crippen LogP contribution in [-0.2, 0) is 13.2 Å². The lowest BCUT2D eigenvalue weighted by atomic mass is 10.0. The van der Waals surface area contributed by atoms with Gasteiger partial charge < -0.3 is 5.11 Å². The lowest BCUT2D eigenvalue weighted by Gasteiger charge is -2.16. The van der Waals surface area contributed by atoms with Crippen molar-refractivity contribution in [1.82, 2.24) is 23.9 Å². The Morgan fingerprint density at radius 2 is 2.00 bits per heavy atom. The summed E-state index contributed by atoms with van der Waals surface area (Å²) in [4.78, 5) is 30.5. The molecule has 0 atom stereocenters. The van der Waals surface area contributed by atoms with E-state index in [1.165, 1.54) is 27.5 Å². The minimum Gasteiger partial charge on any atom is -0.388 e. The number of aryl methyl sites for hydroxylation is 1. The molecule has 0 aliphatic carbocycles. The monoisotopic (exact) mass is 440 g/mol. The molecule has 4 rings (SSSR count). The maximum Gasteiger partial charge on any atom is 0.352 e. The van der Waals surface area contributed by atoms with Crippen LogP contribution in [0.25, 0.3) is 22.4 Å². The standard InChI is InChI=1S/C23H24FN5O3/c1-5-27-19(12-30)26-29(23(27)32)21-17(24)10-15-20(25-21)16(13(2)3)11-28(22(15)31)18-9-7-6-8-14(18)4/h6-11,13,30H,5,12H2,1-4H3/i4D3. The first-order chi connectivity index (χ1) is 16.5. The molecule has 0 amide bonds. The normalized spacial score (nSPS) is 13.4. The number of nitrogens with zero attached hydrogens (tertiary/aromatic N) is 5. The molecule has 9 heteroatoms. The van der Waals surface area contributed by atoms with Crippen LogP contribution in [0.2, 0.25) is 0 Å². The highest BCUT2D eigenvalue weighted by Crippen LogP contribution is 2.26. The summed E-state index contributed by atoms with van der Waals surface area (Å²) in [5.74, 6) is -1.49. The van der Waals surface area contributed by atoms with Gasteiger partial charge in [0.25, 0.3) is 5.56 Å². The molecule has 0 fully saturated rings. The fourth-order valence-electron chi connectivity index (χ4n) is 3.69. The van der Waals surface area contributed by atoms with Gasteiger partial charge in [-0.25, -0.2) is 14.2 Å². The summed E-state index contributed by atoms with van der Waals surface area (Å²) < 4.78 is 42.0. The summed E-state index contributed by atoms with van der Waals surface area (Å²) in [6.45, 7) is 2.62. The summed E-state index contributed by atoms with van der Waals surface area (Å²) in [5.41, 5.74) is -0.459. The smallest absolute Gasteiger partial charge is 0.352 e. The van der Waals surface area contributed by atoms with Gasteiger partial charge in [-0.3, -0.25) is 13.9 Å². The van der Waals surface area contributed by atoms with Gasteiger partial charge in [-0.1, -0.05) is 32.0 Å². The average Bonchev–Trinajstić information content (AvgIpc) is 3.13. The lowest BCUT2D eigenvalue weighted by Crippen LogP contribution is -2.26. The minimum absolute atomic E-state index is 0.0191. The molecule has 4 aromatic rings. The van der Waals surface area contributed by atoms with E-state index in [9.17, 15) is 14.7 Å². The zero-order valence-electron chi connectivity index (χ0n) is 20.8. The van der Waals surface area contributed by atoms with E-state index in [4.69, 9.17) is 4.11 Å². The quantitative estimate of drug-likeness (QED) is 0.515. The number of rotatable bonds is 5. The van der Waals surface area contributed by atoms with E-state index in [1.54, 1.807) is 19.1 Å². The second-order valence-electron chi connectivity index (χ2n) is 7.63. The van der Waals surface area contributed by atoms with E-state index in [-0.39, 0.29) is 40.4 Å². The lowest BCUT2D eigenvalue weighted by molar-refractivity contribution is 0.264. The molecule has 0 aliphatic rings. The van der Waals surface area contributed by atoms with Crippen molar-refractivity contribution in [2.24, 2.45) is 0 Å². The van der Waals surface area contributed by atoms with Gasteiger partial charge in [0.1, 0.15) is 6.61 Å². The molecular formula is C23H24FN5O3. The Bertz CT molecular complexity index is 1550. The summed E-state index contributed by atoms with van der Waals surface area (Å²) in [6.07, 6.45) is 1.50. The average molecular weight is 440 g/mol. The van der Waals surface area contributed by atoms with Gasteiger partial charge in [0.05, 0.1) is 16.6 Å². The van der Waals surface area contributed by atoms with Crippen molar-refractivity contribution in [2.45, 2.75) is 46.7 Å². The molecule has 3 aromatic heterocycles. The Labute approximate surface area is 187 Å². The zero-order chi connectivity index (χ0) is 25.7. The van der Waals surface area contributed by atoms with Crippen LogP contribution < -0.4 is 11.2 Å². The first kappa shape index (κ1) is 18.0. The van der Waals surface area contributed by atoms with Crippen molar-refractivity contribution >= 4 is 10.9 Å². The van der Waals surface area contributed by atoms with Gasteiger partial charge in [0.15, 0.2) is 17.5 Å². The van der Waals surface area contributed by atoms with Gasteiger partial charge in [-0.2, -0.15) is 4.68 Å². The number of halogens is 1. The van der Waals surface area contributed by atoms with E-state index in [0.29, 0.717) is 5.56 Å². The molecule has 0 unspecified atom stereocenters. The molecule has 0 spiro atoms. The van der Waals surface area contributed by atoms with Crippen LogP contribution in [0.15, 0.2) is 46.1 Å². The minimum atomic E-state index is -2.47. The van der Waals surface area contributed by atoms with Crippen molar-refractivity contribution in [3.05, 3.63) is 80.1 Å². The van der Waals surface area contributed by atoms with Crippen LogP contribution in [0.4, 0.5) is 4.39 Å². The Kier molecular flexibility index (Phi) is 4.60. The molecule has 0 radical (unpaired) electrons. The predicted molar refractivity (Wildman–Crippen MR) is 119 cm³/mol. The van der Waals surface area contributed by atoms with E-state index in [0.717, 1.165) is 10.7 Å². The Balaban J connectivity index is 2.06. The predicted octanol–water partition coefficient (Wildman–Crippen LogP) is 2.82. The second-order valence-corrected chi connectivity index (χ2v) is 7.63. The van der Waals surface area contributed by atoms with E-state index in [1.807, 2.05) is 13.8 Å². The number of aliphatic hydroxyl groups is 1. The topological polar surface area (TPSA) is 94.9 Å². The number of hydrogen-bond donors (Lipinski definition) is 1. The van der Waals surface area contributed by atoms with Crippen LogP contribution in [0.3, 0.4) is 0 Å². The number of hydrogen-bond acceptors (Lipinski definition) is 5. The maximum atomic E-state index is 15.3. The molecule has 0 bridgehead atoms. The summed E-state index contributed by atoms with van der Waals surface area (Å²) in [5, 5.41) is 13.5. The van der Waals surface area contributed by atoms with Crippen molar-refractivity contribution in [3.63, 3.8) is 0 Å². The van der Waals surface area contributed by atoms with Crippen molar-refractivity contribution < 1.29 is 13.6 Å². The molecule has 8 nitrogen and oxygen atoms in total. The summed E-state index contributed by atoms with van der Waals surface area (Å²) >= 11 is 0. The molecule has 1 aromatic carbocycles. The molecule has 0 saturated carbocycles. The summed E-state index contributed by atoms with van der Waals surface area (Å²) in [6, 6.07) is 7.11. The largest absolute Gasteiger partial charge is 0.388 e. The van der Waals surface area contributed by atoms with Gasteiger partial charge >= 0.3 is 5.69 Å². The molecule has 0 saturated heterocycles. The molecule has 3 heterocycles.